The summed E-state index contributed by atoms with van der Waals surface area (Å²) in [7, 11) is 0. The van der Waals surface area contributed by atoms with Crippen molar-refractivity contribution in [3.05, 3.63) is 88.5 Å². The topological polar surface area (TPSA) is 67.1 Å². The molecule has 0 amide bonds. The lowest BCUT2D eigenvalue weighted by Crippen LogP contribution is -2.53. The van der Waals surface area contributed by atoms with E-state index in [1.807, 2.05) is 6.92 Å². The molecule has 0 spiro atoms. The number of aliphatic hydroxyl groups is 1. The Hall–Kier alpha value is -3.01. The molecule has 5 rings (SSSR count). The van der Waals surface area contributed by atoms with Gasteiger partial charge in [-0.25, -0.2) is 23.4 Å². The number of fused-ring (bicyclic) bond motifs is 1. The lowest BCUT2D eigenvalue weighted by molar-refractivity contribution is -0.0675. The van der Waals surface area contributed by atoms with E-state index in [0.29, 0.717) is 19.0 Å². The van der Waals surface area contributed by atoms with E-state index < -0.39 is 23.3 Å². The Kier molecular flexibility index (Phi) is 6.72. The lowest BCUT2D eigenvalue weighted by atomic mass is 9.85. The summed E-state index contributed by atoms with van der Waals surface area (Å²) in [5.74, 6) is -1.04. The summed E-state index contributed by atoms with van der Waals surface area (Å²) in [6, 6.07) is 11.3. The molecule has 9 heteroatoms. The summed E-state index contributed by atoms with van der Waals surface area (Å²) in [4.78, 5) is 12.2. The van der Waals surface area contributed by atoms with Crippen LogP contribution in [0, 0.1) is 11.6 Å². The molecule has 1 aliphatic heterocycles. The van der Waals surface area contributed by atoms with Gasteiger partial charge in [0, 0.05) is 47.6 Å². The third-order valence-electron chi connectivity index (χ3n) is 7.07. The zero-order valence-electron chi connectivity index (χ0n) is 20.5. The Labute approximate surface area is 213 Å². The van der Waals surface area contributed by atoms with E-state index in [-0.39, 0.29) is 12.1 Å². The van der Waals surface area contributed by atoms with Gasteiger partial charge in [0.05, 0.1) is 12.2 Å². The van der Waals surface area contributed by atoms with E-state index in [1.54, 1.807) is 11.3 Å². The third-order valence-corrected chi connectivity index (χ3v) is 8.20. The molecule has 0 unspecified atom stereocenters. The van der Waals surface area contributed by atoms with Crippen LogP contribution in [0.2, 0.25) is 0 Å². The molecule has 4 aromatic rings. The second-order valence-electron chi connectivity index (χ2n) is 9.71. The van der Waals surface area contributed by atoms with Crippen LogP contribution in [0.1, 0.15) is 48.4 Å². The quantitative estimate of drug-likeness (QED) is 0.374. The minimum absolute atomic E-state index is 0.0178. The number of halogens is 2. The van der Waals surface area contributed by atoms with Gasteiger partial charge in [-0.15, -0.1) is 11.3 Å². The van der Waals surface area contributed by atoms with Crippen molar-refractivity contribution in [3.63, 3.8) is 0 Å². The smallest absolute Gasteiger partial charge is 0.137 e. The zero-order valence-corrected chi connectivity index (χ0v) is 21.3. The SMILES string of the molecule is CC(C)c1cccc(-c2nc3c(s2)CN([C@H](C)[C@](O)(Cn2cncn2)c2ccc(F)cc2F)CC3)c1. The van der Waals surface area contributed by atoms with Gasteiger partial charge in [-0.2, -0.15) is 5.10 Å². The minimum Gasteiger partial charge on any atom is -0.381 e. The van der Waals surface area contributed by atoms with Gasteiger partial charge in [0.25, 0.3) is 0 Å². The van der Waals surface area contributed by atoms with Crippen LogP contribution in [-0.4, -0.2) is 42.3 Å². The average Bonchev–Trinajstić information content (AvgIpc) is 3.52. The fourth-order valence-corrected chi connectivity index (χ4v) is 5.98. The number of rotatable bonds is 7. The fraction of sp³-hybridized carbons (Fsp3) is 0.370. The van der Waals surface area contributed by atoms with E-state index in [1.165, 1.54) is 35.0 Å². The maximum atomic E-state index is 14.9. The van der Waals surface area contributed by atoms with E-state index in [2.05, 4.69) is 53.1 Å². The molecule has 2 atom stereocenters. The largest absolute Gasteiger partial charge is 0.381 e. The number of benzene rings is 2. The Bertz CT molecular complexity index is 1360. The van der Waals surface area contributed by atoms with Crippen molar-refractivity contribution in [2.24, 2.45) is 0 Å². The van der Waals surface area contributed by atoms with Crippen molar-refractivity contribution < 1.29 is 13.9 Å². The third kappa shape index (κ3) is 4.70. The normalized spacial score (nSPS) is 16.6. The van der Waals surface area contributed by atoms with Crippen LogP contribution in [0.15, 0.2) is 55.1 Å². The van der Waals surface area contributed by atoms with Gasteiger partial charge in [-0.05, 0) is 30.5 Å². The van der Waals surface area contributed by atoms with Crippen molar-refractivity contribution in [2.45, 2.75) is 57.8 Å². The van der Waals surface area contributed by atoms with Crippen molar-refractivity contribution >= 4 is 11.3 Å². The molecule has 2 aromatic heterocycles. The highest BCUT2D eigenvalue weighted by molar-refractivity contribution is 7.15. The summed E-state index contributed by atoms with van der Waals surface area (Å²) < 4.78 is 30.1. The lowest BCUT2D eigenvalue weighted by Gasteiger charge is -2.42. The molecule has 188 valence electrons. The molecule has 36 heavy (non-hydrogen) atoms. The predicted molar refractivity (Wildman–Crippen MR) is 135 cm³/mol. The van der Waals surface area contributed by atoms with Gasteiger partial charge in [-0.3, -0.25) is 4.90 Å². The van der Waals surface area contributed by atoms with E-state index >= 15 is 0 Å². The summed E-state index contributed by atoms with van der Waals surface area (Å²) in [5, 5.41) is 17.1. The minimum atomic E-state index is -1.66. The highest BCUT2D eigenvalue weighted by Gasteiger charge is 2.43. The Morgan fingerprint density at radius 2 is 1.97 bits per heavy atom. The van der Waals surface area contributed by atoms with E-state index in [9.17, 15) is 13.9 Å². The van der Waals surface area contributed by atoms with Gasteiger partial charge < -0.3 is 5.11 Å². The van der Waals surface area contributed by atoms with Crippen LogP contribution >= 0.6 is 11.3 Å². The standard InChI is InChI=1S/C27H29F2N5OS/c1-17(2)19-5-4-6-20(11-19)26-32-24-9-10-33(13-25(24)36-26)18(3)27(35,14-34-16-30-15-31-34)22-8-7-21(28)12-23(22)29/h4-8,11-12,15-18,35H,9-10,13-14H2,1-3H3/t18-,27-/m1/s1. The van der Waals surface area contributed by atoms with Gasteiger partial charge >= 0.3 is 0 Å². The first-order chi connectivity index (χ1) is 17.2. The number of hydrogen-bond acceptors (Lipinski definition) is 6. The van der Waals surface area contributed by atoms with E-state index in [4.69, 9.17) is 4.98 Å². The molecule has 0 saturated heterocycles. The first kappa shape index (κ1) is 24.7. The summed E-state index contributed by atoms with van der Waals surface area (Å²) >= 11 is 1.66. The maximum absolute atomic E-state index is 14.9. The number of hydrogen-bond donors (Lipinski definition) is 1. The maximum Gasteiger partial charge on any atom is 0.137 e. The van der Waals surface area contributed by atoms with Crippen LogP contribution in [0.4, 0.5) is 8.78 Å². The number of aromatic nitrogens is 4. The van der Waals surface area contributed by atoms with E-state index in [0.717, 1.165) is 33.6 Å². The number of thiazole rings is 1. The Morgan fingerprint density at radius 1 is 1.14 bits per heavy atom. The van der Waals surface area contributed by atoms with Crippen LogP contribution in [-0.2, 0) is 25.1 Å². The molecule has 0 saturated carbocycles. The Balaban J connectivity index is 1.45. The molecule has 2 aromatic carbocycles. The van der Waals surface area contributed by atoms with Crippen molar-refractivity contribution in [3.8, 4) is 10.6 Å². The molecular formula is C27H29F2N5OS. The first-order valence-corrected chi connectivity index (χ1v) is 12.9. The van der Waals surface area contributed by atoms with Gasteiger partial charge in [0.15, 0.2) is 0 Å². The molecule has 0 fully saturated rings. The van der Waals surface area contributed by atoms with Gasteiger partial charge in [0.2, 0.25) is 0 Å². The second-order valence-corrected chi connectivity index (χ2v) is 10.8. The molecule has 0 radical (unpaired) electrons. The predicted octanol–water partition coefficient (Wildman–Crippen LogP) is 5.14. The van der Waals surface area contributed by atoms with Crippen molar-refractivity contribution in [1.29, 1.82) is 0 Å². The summed E-state index contributed by atoms with van der Waals surface area (Å²) in [6.07, 6.45) is 3.58. The van der Waals surface area contributed by atoms with Crippen LogP contribution < -0.4 is 0 Å². The summed E-state index contributed by atoms with van der Waals surface area (Å²) in [5.41, 5.74) is 1.82. The van der Waals surface area contributed by atoms with Crippen LogP contribution in [0.25, 0.3) is 10.6 Å². The zero-order chi connectivity index (χ0) is 25.4. The fourth-order valence-electron chi connectivity index (χ4n) is 4.85. The van der Waals surface area contributed by atoms with Crippen molar-refractivity contribution in [2.75, 3.05) is 6.54 Å². The molecule has 1 aliphatic rings. The molecule has 6 nitrogen and oxygen atoms in total. The molecule has 1 N–H and O–H groups in total. The van der Waals surface area contributed by atoms with Crippen LogP contribution in [0.5, 0.6) is 0 Å². The molecule has 0 bridgehead atoms. The van der Waals surface area contributed by atoms with Crippen LogP contribution in [0.3, 0.4) is 0 Å². The Morgan fingerprint density at radius 3 is 2.69 bits per heavy atom. The highest BCUT2D eigenvalue weighted by atomic mass is 32.1. The van der Waals surface area contributed by atoms with Gasteiger partial charge in [0.1, 0.15) is 34.9 Å². The monoisotopic (exact) mass is 509 g/mol. The molecular weight excluding hydrogens is 480 g/mol. The molecule has 0 aliphatic carbocycles. The van der Waals surface area contributed by atoms with Gasteiger partial charge in [-0.1, -0.05) is 38.1 Å². The second kappa shape index (κ2) is 9.80. The highest BCUT2D eigenvalue weighted by Crippen LogP contribution is 2.37. The average molecular weight is 510 g/mol. The number of nitrogens with zero attached hydrogens (tertiary/aromatic N) is 5. The van der Waals surface area contributed by atoms with Crippen molar-refractivity contribution in [1.82, 2.24) is 24.6 Å². The molecule has 3 heterocycles. The summed E-state index contributed by atoms with van der Waals surface area (Å²) in [6.45, 7) is 7.45. The first-order valence-electron chi connectivity index (χ1n) is 12.1.